The summed E-state index contributed by atoms with van der Waals surface area (Å²) in [6.45, 7) is 6.04. The van der Waals surface area contributed by atoms with Crippen molar-refractivity contribution >= 4 is 17.7 Å². The fraction of sp³-hybridized carbons (Fsp3) is 0.533. The van der Waals surface area contributed by atoms with Gasteiger partial charge in [-0.3, -0.25) is 4.79 Å². The van der Waals surface area contributed by atoms with Gasteiger partial charge < -0.3 is 5.11 Å². The van der Waals surface area contributed by atoms with Gasteiger partial charge in [-0.1, -0.05) is 39.0 Å². The smallest absolute Gasteiger partial charge is 0.307 e. The molecule has 0 fully saturated rings. The molecule has 1 aromatic carbocycles. The number of rotatable bonds is 3. The Hall–Kier alpha value is -0.960. The van der Waals surface area contributed by atoms with E-state index in [1.54, 1.807) is 0 Å². The summed E-state index contributed by atoms with van der Waals surface area (Å²) in [5.74, 6) is 0.441. The quantitative estimate of drug-likeness (QED) is 0.896. The van der Waals surface area contributed by atoms with Crippen LogP contribution in [0, 0.1) is 11.3 Å². The van der Waals surface area contributed by atoms with Gasteiger partial charge in [0.25, 0.3) is 0 Å². The molecular weight excluding hydrogens is 244 g/mol. The molecule has 0 saturated carbocycles. The molecular formula is C15H20O2S. The monoisotopic (exact) mass is 264 g/mol. The first kappa shape index (κ1) is 13.5. The molecule has 1 aromatic rings. The third-order valence-corrected chi connectivity index (χ3v) is 4.91. The maximum atomic E-state index is 11.4. The minimum atomic E-state index is -0.670. The van der Waals surface area contributed by atoms with Crippen LogP contribution in [-0.4, -0.2) is 16.8 Å². The highest BCUT2D eigenvalue weighted by Crippen LogP contribution is 2.44. The lowest BCUT2D eigenvalue weighted by atomic mass is 9.75. The van der Waals surface area contributed by atoms with Gasteiger partial charge >= 0.3 is 5.97 Å². The number of fused-ring (bicyclic) bond motifs is 1. The molecule has 2 rings (SSSR count). The number of thioether (sulfide) groups is 1. The average molecular weight is 264 g/mol. The fourth-order valence-corrected chi connectivity index (χ4v) is 3.81. The molecule has 2 atom stereocenters. The zero-order chi connectivity index (χ0) is 13.3. The Morgan fingerprint density at radius 1 is 1.44 bits per heavy atom. The first-order valence-corrected chi connectivity index (χ1v) is 7.32. The molecule has 0 bridgehead atoms. The molecule has 1 N–H and O–H groups in total. The summed E-state index contributed by atoms with van der Waals surface area (Å²) in [4.78, 5) is 12.8. The van der Waals surface area contributed by atoms with Crippen molar-refractivity contribution in [2.75, 3.05) is 5.75 Å². The second-order valence-electron chi connectivity index (χ2n) is 6.04. The van der Waals surface area contributed by atoms with E-state index in [-0.39, 0.29) is 11.3 Å². The molecule has 18 heavy (non-hydrogen) atoms. The van der Waals surface area contributed by atoms with Gasteiger partial charge in [0.05, 0.1) is 5.92 Å². The topological polar surface area (TPSA) is 37.3 Å². The third-order valence-electron chi connectivity index (χ3n) is 3.66. The molecule has 0 saturated heterocycles. The molecule has 0 spiro atoms. The molecule has 2 unspecified atom stereocenters. The van der Waals surface area contributed by atoms with Gasteiger partial charge in [-0.05, 0) is 29.4 Å². The second-order valence-corrected chi connectivity index (χ2v) is 7.10. The molecule has 0 radical (unpaired) electrons. The standard InChI is InChI=1S/C15H20O2S/c1-15(2,3)12(14(16)17)8-10-9-18-13-7-5-4-6-11(10)13/h4-7,10,12H,8-9H2,1-3H3,(H,16,17). The number of aliphatic carboxylic acids is 1. The Labute approximate surface area is 113 Å². The van der Waals surface area contributed by atoms with E-state index < -0.39 is 5.97 Å². The lowest BCUT2D eigenvalue weighted by molar-refractivity contribution is -0.146. The maximum absolute atomic E-state index is 11.4. The van der Waals surface area contributed by atoms with Crippen LogP contribution in [0.25, 0.3) is 0 Å². The van der Waals surface area contributed by atoms with Crippen LogP contribution in [0.2, 0.25) is 0 Å². The van der Waals surface area contributed by atoms with Crippen molar-refractivity contribution < 1.29 is 9.90 Å². The Bertz CT molecular complexity index is 448. The van der Waals surface area contributed by atoms with E-state index in [0.717, 1.165) is 12.2 Å². The van der Waals surface area contributed by atoms with Crippen molar-refractivity contribution in [3.05, 3.63) is 29.8 Å². The second kappa shape index (κ2) is 4.96. The summed E-state index contributed by atoms with van der Waals surface area (Å²) in [5, 5.41) is 9.41. The van der Waals surface area contributed by atoms with Crippen LogP contribution in [0.3, 0.4) is 0 Å². The lowest BCUT2D eigenvalue weighted by Crippen LogP contribution is -2.30. The minimum Gasteiger partial charge on any atom is -0.481 e. The molecule has 2 nitrogen and oxygen atoms in total. The molecule has 1 aliphatic rings. The first-order valence-electron chi connectivity index (χ1n) is 6.34. The van der Waals surface area contributed by atoms with Gasteiger partial charge in [0.1, 0.15) is 0 Å². The summed E-state index contributed by atoms with van der Waals surface area (Å²) in [7, 11) is 0. The number of hydrogen-bond acceptors (Lipinski definition) is 2. The van der Waals surface area contributed by atoms with E-state index in [0.29, 0.717) is 5.92 Å². The number of carbonyl (C=O) groups is 1. The zero-order valence-corrected chi connectivity index (χ0v) is 12.0. The van der Waals surface area contributed by atoms with Gasteiger partial charge in [0, 0.05) is 10.6 Å². The summed E-state index contributed by atoms with van der Waals surface area (Å²) >= 11 is 1.85. The zero-order valence-electron chi connectivity index (χ0n) is 11.1. The van der Waals surface area contributed by atoms with Gasteiger partial charge in [0.2, 0.25) is 0 Å². The van der Waals surface area contributed by atoms with Crippen molar-refractivity contribution in [1.82, 2.24) is 0 Å². The minimum absolute atomic E-state index is 0.186. The SMILES string of the molecule is CC(C)(C)C(CC1CSc2ccccc21)C(=O)O. The summed E-state index contributed by atoms with van der Waals surface area (Å²) < 4.78 is 0. The van der Waals surface area contributed by atoms with E-state index in [1.165, 1.54) is 10.5 Å². The van der Waals surface area contributed by atoms with Gasteiger partial charge in [0.15, 0.2) is 0 Å². The summed E-state index contributed by atoms with van der Waals surface area (Å²) in [6.07, 6.45) is 0.739. The predicted molar refractivity (Wildman–Crippen MR) is 75.1 cm³/mol. The van der Waals surface area contributed by atoms with Gasteiger partial charge in [-0.15, -0.1) is 11.8 Å². The van der Waals surface area contributed by atoms with E-state index in [9.17, 15) is 9.90 Å². The van der Waals surface area contributed by atoms with Crippen LogP contribution in [0.4, 0.5) is 0 Å². The maximum Gasteiger partial charge on any atom is 0.307 e. The van der Waals surface area contributed by atoms with Crippen LogP contribution in [0.1, 0.15) is 38.7 Å². The fourth-order valence-electron chi connectivity index (χ4n) is 2.53. The Balaban J connectivity index is 2.18. The highest BCUT2D eigenvalue weighted by Gasteiger charge is 2.35. The number of carboxylic acid groups (broad SMARTS) is 1. The van der Waals surface area contributed by atoms with Crippen molar-refractivity contribution in [3.63, 3.8) is 0 Å². The highest BCUT2D eigenvalue weighted by atomic mass is 32.2. The van der Waals surface area contributed by atoms with Crippen molar-refractivity contribution in [2.45, 2.75) is 38.0 Å². The molecule has 3 heteroatoms. The van der Waals surface area contributed by atoms with Crippen molar-refractivity contribution in [1.29, 1.82) is 0 Å². The Morgan fingerprint density at radius 3 is 2.72 bits per heavy atom. The number of hydrogen-bond donors (Lipinski definition) is 1. The van der Waals surface area contributed by atoms with E-state index >= 15 is 0 Å². The van der Waals surface area contributed by atoms with E-state index in [2.05, 4.69) is 12.1 Å². The lowest BCUT2D eigenvalue weighted by Gasteiger charge is -2.29. The van der Waals surface area contributed by atoms with Crippen LogP contribution >= 0.6 is 11.8 Å². The normalized spacial score (nSPS) is 20.5. The Kier molecular flexibility index (Phi) is 3.71. The Morgan fingerprint density at radius 2 is 2.11 bits per heavy atom. The third kappa shape index (κ3) is 2.72. The number of carboxylic acids is 1. The molecule has 0 aromatic heterocycles. The van der Waals surface area contributed by atoms with Crippen LogP contribution in [-0.2, 0) is 4.79 Å². The molecule has 0 amide bonds. The predicted octanol–water partition coefficient (Wildman–Crippen LogP) is 4.01. The summed E-state index contributed by atoms with van der Waals surface area (Å²) in [6, 6.07) is 8.37. The largest absolute Gasteiger partial charge is 0.481 e. The molecule has 1 aliphatic heterocycles. The van der Waals surface area contributed by atoms with E-state index in [4.69, 9.17) is 0 Å². The van der Waals surface area contributed by atoms with Gasteiger partial charge in [-0.25, -0.2) is 0 Å². The average Bonchev–Trinajstić information content (AvgIpc) is 2.67. The van der Waals surface area contributed by atoms with Crippen LogP contribution < -0.4 is 0 Å². The van der Waals surface area contributed by atoms with Crippen LogP contribution in [0.15, 0.2) is 29.2 Å². The molecule has 1 heterocycles. The molecule has 0 aliphatic carbocycles. The highest BCUT2D eigenvalue weighted by molar-refractivity contribution is 7.99. The van der Waals surface area contributed by atoms with Crippen molar-refractivity contribution in [3.8, 4) is 0 Å². The van der Waals surface area contributed by atoms with E-state index in [1.807, 2.05) is 44.7 Å². The van der Waals surface area contributed by atoms with Crippen LogP contribution in [0.5, 0.6) is 0 Å². The number of benzene rings is 1. The first-order chi connectivity index (χ1) is 8.39. The summed E-state index contributed by atoms with van der Waals surface area (Å²) in [5.41, 5.74) is 1.15. The van der Waals surface area contributed by atoms with Crippen molar-refractivity contribution in [2.24, 2.45) is 11.3 Å². The van der Waals surface area contributed by atoms with Gasteiger partial charge in [-0.2, -0.15) is 0 Å². The molecule has 98 valence electrons.